The summed E-state index contributed by atoms with van der Waals surface area (Å²) >= 11 is 0. The van der Waals surface area contributed by atoms with Gasteiger partial charge in [0.15, 0.2) is 0 Å². The van der Waals surface area contributed by atoms with E-state index in [1.165, 1.54) is 6.42 Å². The third-order valence-corrected chi connectivity index (χ3v) is 6.18. The van der Waals surface area contributed by atoms with E-state index < -0.39 is 0 Å². The van der Waals surface area contributed by atoms with Crippen LogP contribution in [0.15, 0.2) is 0 Å². The molecule has 0 radical (unpaired) electrons. The molecular formula is C18H34Cl2N4O2. The molecule has 0 saturated carbocycles. The van der Waals surface area contributed by atoms with Crippen molar-refractivity contribution in [3.05, 3.63) is 0 Å². The molecule has 0 spiro atoms. The number of hydrogen-bond acceptors (Lipinski definition) is 4. The summed E-state index contributed by atoms with van der Waals surface area (Å²) in [6, 6.07) is 0.723. The lowest BCUT2D eigenvalue weighted by Gasteiger charge is -2.28. The van der Waals surface area contributed by atoms with E-state index in [0.717, 1.165) is 39.0 Å². The summed E-state index contributed by atoms with van der Waals surface area (Å²) in [7, 11) is 0. The van der Waals surface area contributed by atoms with E-state index in [0.29, 0.717) is 31.5 Å². The van der Waals surface area contributed by atoms with Crippen LogP contribution in [-0.2, 0) is 9.59 Å². The first kappa shape index (κ1) is 23.5. The first-order valence-corrected chi connectivity index (χ1v) is 9.55. The molecule has 0 aromatic rings. The highest BCUT2D eigenvalue weighted by Crippen LogP contribution is 2.28. The molecule has 0 bridgehead atoms. The van der Waals surface area contributed by atoms with E-state index in [4.69, 9.17) is 5.73 Å². The van der Waals surface area contributed by atoms with Gasteiger partial charge in [0.05, 0.1) is 5.92 Å². The third kappa shape index (κ3) is 4.83. The molecule has 0 aliphatic carbocycles. The lowest BCUT2D eigenvalue weighted by atomic mass is 10.1. The summed E-state index contributed by atoms with van der Waals surface area (Å²) in [6.07, 6.45) is 3.75. The molecule has 3 fully saturated rings. The number of carbonyl (C=O) groups excluding carboxylic acids is 2. The van der Waals surface area contributed by atoms with Crippen LogP contribution < -0.4 is 5.73 Å². The Hall–Kier alpha value is -0.560. The molecule has 4 unspecified atom stereocenters. The van der Waals surface area contributed by atoms with Crippen LogP contribution in [0.25, 0.3) is 0 Å². The highest BCUT2D eigenvalue weighted by atomic mass is 35.5. The molecule has 3 aliphatic heterocycles. The maximum absolute atomic E-state index is 12.9. The van der Waals surface area contributed by atoms with Crippen molar-refractivity contribution in [2.45, 2.75) is 51.6 Å². The van der Waals surface area contributed by atoms with Crippen LogP contribution in [0.4, 0.5) is 0 Å². The SMILES string of the molecule is CCN1CCCC1CN1CC(C(=O)N2CC(CN)CC2C)CC1=O.Cl.Cl. The number of carbonyl (C=O) groups is 2. The minimum absolute atomic E-state index is 0. The fraction of sp³-hybridized carbons (Fsp3) is 0.889. The van der Waals surface area contributed by atoms with Crippen molar-refractivity contribution >= 4 is 36.6 Å². The maximum atomic E-state index is 12.9. The Bertz CT molecular complexity index is 494. The smallest absolute Gasteiger partial charge is 0.228 e. The number of likely N-dealkylation sites (tertiary alicyclic amines) is 3. The van der Waals surface area contributed by atoms with Crippen LogP contribution in [0.1, 0.15) is 39.5 Å². The molecule has 8 heteroatoms. The van der Waals surface area contributed by atoms with Crippen LogP contribution >= 0.6 is 24.8 Å². The lowest BCUT2D eigenvalue weighted by Crippen LogP contribution is -2.42. The first-order chi connectivity index (χ1) is 11.5. The van der Waals surface area contributed by atoms with Gasteiger partial charge in [-0.15, -0.1) is 24.8 Å². The second-order valence-electron chi connectivity index (χ2n) is 7.80. The Kier molecular flexibility index (Phi) is 9.13. The minimum atomic E-state index is -0.159. The Labute approximate surface area is 169 Å². The molecule has 0 aromatic heterocycles. The summed E-state index contributed by atoms with van der Waals surface area (Å²) in [5.74, 6) is 0.563. The Morgan fingerprint density at radius 3 is 2.62 bits per heavy atom. The number of rotatable bonds is 5. The van der Waals surface area contributed by atoms with Crippen molar-refractivity contribution in [3.63, 3.8) is 0 Å². The number of halogens is 2. The molecule has 4 atom stereocenters. The standard InChI is InChI=1S/C18H32N4O2.2ClH/c1-3-20-6-4-5-16(20)12-21-11-15(8-17(21)23)18(24)22-10-14(9-19)7-13(22)2;;/h13-16H,3-12,19H2,1-2H3;2*1H. The monoisotopic (exact) mass is 408 g/mol. The van der Waals surface area contributed by atoms with Gasteiger partial charge < -0.3 is 15.5 Å². The molecular weight excluding hydrogens is 375 g/mol. The molecule has 26 heavy (non-hydrogen) atoms. The summed E-state index contributed by atoms with van der Waals surface area (Å²) in [5.41, 5.74) is 5.77. The summed E-state index contributed by atoms with van der Waals surface area (Å²) in [4.78, 5) is 31.6. The first-order valence-electron chi connectivity index (χ1n) is 9.55. The molecule has 0 aromatic carbocycles. The topological polar surface area (TPSA) is 69.9 Å². The summed E-state index contributed by atoms with van der Waals surface area (Å²) < 4.78 is 0. The minimum Gasteiger partial charge on any atom is -0.340 e. The fourth-order valence-corrected chi connectivity index (χ4v) is 4.74. The lowest BCUT2D eigenvalue weighted by molar-refractivity contribution is -0.136. The zero-order valence-electron chi connectivity index (χ0n) is 15.9. The number of hydrogen-bond donors (Lipinski definition) is 1. The largest absolute Gasteiger partial charge is 0.340 e. The molecule has 2 N–H and O–H groups in total. The number of nitrogens with zero attached hydrogens (tertiary/aromatic N) is 3. The van der Waals surface area contributed by atoms with Crippen LogP contribution in [0.3, 0.4) is 0 Å². The zero-order chi connectivity index (χ0) is 17.3. The van der Waals surface area contributed by atoms with Gasteiger partial charge in [-0.05, 0) is 51.7 Å². The quantitative estimate of drug-likeness (QED) is 0.745. The van der Waals surface area contributed by atoms with Gasteiger partial charge in [0.25, 0.3) is 0 Å². The van der Waals surface area contributed by atoms with Crippen molar-refractivity contribution in [2.24, 2.45) is 17.6 Å². The van der Waals surface area contributed by atoms with Gasteiger partial charge in [0, 0.05) is 38.1 Å². The van der Waals surface area contributed by atoms with Crippen molar-refractivity contribution in [1.82, 2.24) is 14.7 Å². The molecule has 3 heterocycles. The van der Waals surface area contributed by atoms with E-state index in [1.807, 2.05) is 9.80 Å². The van der Waals surface area contributed by atoms with E-state index in [-0.39, 0.29) is 48.6 Å². The number of amides is 2. The molecule has 2 amide bonds. The third-order valence-electron chi connectivity index (χ3n) is 6.18. The van der Waals surface area contributed by atoms with E-state index >= 15 is 0 Å². The van der Waals surface area contributed by atoms with Crippen molar-refractivity contribution < 1.29 is 9.59 Å². The van der Waals surface area contributed by atoms with E-state index in [9.17, 15) is 9.59 Å². The molecule has 6 nitrogen and oxygen atoms in total. The van der Waals surface area contributed by atoms with Crippen molar-refractivity contribution in [2.75, 3.05) is 39.3 Å². The second-order valence-corrected chi connectivity index (χ2v) is 7.80. The number of nitrogens with two attached hydrogens (primary N) is 1. The molecule has 3 aliphatic rings. The van der Waals surface area contributed by atoms with Crippen LogP contribution in [0.5, 0.6) is 0 Å². The van der Waals surface area contributed by atoms with Gasteiger partial charge in [-0.25, -0.2) is 0 Å². The summed E-state index contributed by atoms with van der Waals surface area (Å²) in [6.45, 7) is 9.24. The molecule has 3 rings (SSSR count). The zero-order valence-corrected chi connectivity index (χ0v) is 17.6. The predicted molar refractivity (Wildman–Crippen MR) is 108 cm³/mol. The Morgan fingerprint density at radius 1 is 1.27 bits per heavy atom. The summed E-state index contributed by atoms with van der Waals surface area (Å²) in [5, 5.41) is 0. The van der Waals surface area contributed by atoms with Crippen molar-refractivity contribution in [1.29, 1.82) is 0 Å². The Balaban J connectivity index is 0.00000169. The van der Waals surface area contributed by atoms with Gasteiger partial charge in [-0.3, -0.25) is 14.5 Å². The fourth-order valence-electron chi connectivity index (χ4n) is 4.74. The Morgan fingerprint density at radius 2 is 2.00 bits per heavy atom. The second kappa shape index (κ2) is 10.1. The van der Waals surface area contributed by atoms with Crippen molar-refractivity contribution in [3.8, 4) is 0 Å². The predicted octanol–water partition coefficient (Wildman–Crippen LogP) is 1.36. The number of likely N-dealkylation sites (N-methyl/N-ethyl adjacent to an activating group) is 1. The van der Waals surface area contributed by atoms with E-state index in [2.05, 4.69) is 18.7 Å². The van der Waals surface area contributed by atoms with Gasteiger partial charge in [-0.1, -0.05) is 6.92 Å². The van der Waals surface area contributed by atoms with Gasteiger partial charge in [0.2, 0.25) is 11.8 Å². The van der Waals surface area contributed by atoms with Gasteiger partial charge in [0.1, 0.15) is 0 Å². The highest BCUT2D eigenvalue weighted by Gasteiger charge is 2.41. The van der Waals surface area contributed by atoms with Gasteiger partial charge >= 0.3 is 0 Å². The highest BCUT2D eigenvalue weighted by molar-refractivity contribution is 5.89. The maximum Gasteiger partial charge on any atom is 0.228 e. The van der Waals surface area contributed by atoms with Crippen LogP contribution in [-0.4, -0.2) is 77.9 Å². The molecule has 152 valence electrons. The average molecular weight is 409 g/mol. The van der Waals surface area contributed by atoms with Crippen LogP contribution in [0.2, 0.25) is 0 Å². The normalized spacial score (nSPS) is 31.9. The van der Waals surface area contributed by atoms with Gasteiger partial charge in [-0.2, -0.15) is 0 Å². The van der Waals surface area contributed by atoms with E-state index in [1.54, 1.807) is 0 Å². The van der Waals surface area contributed by atoms with Crippen LogP contribution in [0, 0.1) is 11.8 Å². The molecule has 3 saturated heterocycles. The average Bonchev–Trinajstić information content (AvgIpc) is 3.26.